The second-order valence-corrected chi connectivity index (χ2v) is 21.3. The molecule has 6 aliphatic rings. The number of rotatable bonds is 15. The molecule has 1 aromatic carbocycles. The summed E-state index contributed by atoms with van der Waals surface area (Å²) in [7, 11) is -2.19. The highest BCUT2D eigenvalue weighted by atomic mass is 32.2. The summed E-state index contributed by atoms with van der Waals surface area (Å²) < 4.78 is 33.2. The molecule has 1 aromatic heterocycles. The third-order valence-electron chi connectivity index (χ3n) is 12.8. The van der Waals surface area contributed by atoms with Crippen molar-refractivity contribution < 1.29 is 41.9 Å². The van der Waals surface area contributed by atoms with Crippen LogP contribution in [0.5, 0.6) is 0 Å². The fourth-order valence-electron chi connectivity index (χ4n) is 9.61. The van der Waals surface area contributed by atoms with E-state index >= 15 is 0 Å². The lowest BCUT2D eigenvalue weighted by Crippen LogP contribution is -2.52. The van der Waals surface area contributed by atoms with E-state index in [0.29, 0.717) is 54.1 Å². The molecule has 1 saturated carbocycles. The maximum Gasteiger partial charge on any atom is 0.407 e. The average Bonchev–Trinajstić information content (AvgIpc) is 3.93. The van der Waals surface area contributed by atoms with Gasteiger partial charge in [-0.2, -0.15) is 0 Å². The van der Waals surface area contributed by atoms with Crippen molar-refractivity contribution in [1.82, 2.24) is 41.0 Å². The molecule has 18 nitrogen and oxygen atoms in total. The Bertz CT molecular complexity index is 2670. The first-order valence-corrected chi connectivity index (χ1v) is 24.7. The molecule has 5 N–H and O–H groups in total. The molecule has 2 fully saturated rings. The molecule has 2 aliphatic carbocycles. The monoisotopic (exact) mass is 926 g/mol. The number of amides is 6. The molecule has 352 valence electrons. The highest BCUT2D eigenvalue weighted by Crippen LogP contribution is 2.48. The van der Waals surface area contributed by atoms with Crippen molar-refractivity contribution in [2.24, 2.45) is 13.0 Å². The Kier molecular flexibility index (Phi) is 12.8. The highest BCUT2D eigenvalue weighted by molar-refractivity contribution is 7.91. The van der Waals surface area contributed by atoms with E-state index in [1.807, 2.05) is 18.3 Å². The van der Waals surface area contributed by atoms with E-state index in [1.165, 1.54) is 9.47 Å². The van der Waals surface area contributed by atoms with Crippen LogP contribution in [0.3, 0.4) is 0 Å². The second-order valence-electron chi connectivity index (χ2n) is 19.1. The summed E-state index contributed by atoms with van der Waals surface area (Å²) in [5.41, 5.74) is 3.56. The summed E-state index contributed by atoms with van der Waals surface area (Å²) in [5, 5.41) is 14.3. The predicted molar refractivity (Wildman–Crippen MR) is 244 cm³/mol. The van der Waals surface area contributed by atoms with Gasteiger partial charge in [0.1, 0.15) is 17.7 Å². The van der Waals surface area contributed by atoms with E-state index in [2.05, 4.69) is 31.5 Å². The van der Waals surface area contributed by atoms with Gasteiger partial charge in [-0.1, -0.05) is 12.1 Å². The van der Waals surface area contributed by atoms with Crippen molar-refractivity contribution >= 4 is 56.7 Å². The minimum atomic E-state index is -3.78. The number of ether oxygens (including phenoxy) is 1. The summed E-state index contributed by atoms with van der Waals surface area (Å²) in [4.78, 5) is 96.7. The maximum absolute atomic E-state index is 14.8. The third-order valence-corrected chi connectivity index (χ3v) is 13.6. The standard InChI is InChI=1S/C47H58N8O10S/c1-47(2,3)65-46(62)50-19-18-49-41(57)33-21-35-38-31(23-54(35)22-26-12-13-26)37(32(25-66(5,63)64)28-16-20-53(4)45(61)39(28)40(38)51-33)43(59)48-17-7-6-9-27-10-8-11-29-30(27)24-55(44(29)60)34-14-15-36(56)52-42(34)58/h8,10-11,16,20,23,26,33-35,51H,6-7,9,12-15,17-19,21-22,24-25H2,1-5H3,(H,48,59)(H,49,57)(H,50,62)(H,52,56,58). The zero-order chi connectivity index (χ0) is 47.2. The van der Waals surface area contributed by atoms with Crippen LogP contribution in [-0.4, -0.2) is 120 Å². The summed E-state index contributed by atoms with van der Waals surface area (Å²) in [5.74, 6) is -2.04. The number of sulfone groups is 1. The van der Waals surface area contributed by atoms with E-state index in [9.17, 15) is 42.0 Å². The minimum absolute atomic E-state index is 0.112. The number of unbranched alkanes of at least 4 members (excludes halogenated alkanes) is 1. The number of aromatic nitrogens is 1. The van der Waals surface area contributed by atoms with Crippen molar-refractivity contribution in [3.8, 4) is 0 Å². The van der Waals surface area contributed by atoms with Gasteiger partial charge in [-0.25, -0.2) is 13.2 Å². The van der Waals surface area contributed by atoms with E-state index in [4.69, 9.17) is 4.74 Å². The summed E-state index contributed by atoms with van der Waals surface area (Å²) in [6, 6.07) is 5.20. The van der Waals surface area contributed by atoms with E-state index in [1.54, 1.807) is 46.1 Å². The van der Waals surface area contributed by atoms with Crippen LogP contribution in [0.4, 0.5) is 4.79 Å². The van der Waals surface area contributed by atoms with Gasteiger partial charge < -0.3 is 40.4 Å². The number of nitrogens with one attached hydrogen (secondary N) is 5. The smallest absolute Gasteiger partial charge is 0.407 e. The molecule has 6 amide bonds. The van der Waals surface area contributed by atoms with E-state index in [0.717, 1.165) is 30.2 Å². The Morgan fingerprint density at radius 3 is 2.39 bits per heavy atom. The summed E-state index contributed by atoms with van der Waals surface area (Å²) in [6.45, 7) is 6.64. The number of hydrogen-bond donors (Lipinski definition) is 5. The molecule has 2 aromatic rings. The lowest BCUT2D eigenvalue weighted by atomic mass is 9.86. The van der Waals surface area contributed by atoms with Crippen molar-refractivity contribution in [2.45, 2.75) is 102 Å². The minimum Gasteiger partial charge on any atom is -0.444 e. The Balaban J connectivity index is 1.03. The van der Waals surface area contributed by atoms with Gasteiger partial charge in [-0.3, -0.25) is 34.1 Å². The van der Waals surface area contributed by atoms with Gasteiger partial charge in [-0.15, -0.1) is 0 Å². The SMILES string of the molecule is Cn1ccc2c(c1=O)C1=C3C(=CN(CC4CC4)C3CC(C(=O)NCCNC(=O)OC(C)(C)C)N1)C(C(=O)NCCCCc1cccc3c1CN(C1CCC(=O)NC1=O)C3=O)=C2CS(C)(=O)=O. The lowest BCUT2D eigenvalue weighted by Gasteiger charge is -2.36. The number of imide groups is 1. The van der Waals surface area contributed by atoms with Crippen LogP contribution in [0.2, 0.25) is 0 Å². The molecule has 5 heterocycles. The Hall–Kier alpha value is -6.24. The van der Waals surface area contributed by atoms with Gasteiger partial charge >= 0.3 is 6.09 Å². The molecular formula is C47H58N8O10S. The zero-order valence-electron chi connectivity index (χ0n) is 38.0. The number of benzene rings is 1. The molecule has 0 bridgehead atoms. The van der Waals surface area contributed by atoms with Crippen LogP contribution < -0.4 is 32.1 Å². The Morgan fingerprint density at radius 2 is 1.68 bits per heavy atom. The molecule has 0 radical (unpaired) electrons. The lowest BCUT2D eigenvalue weighted by molar-refractivity contribution is -0.137. The van der Waals surface area contributed by atoms with Crippen molar-refractivity contribution in [3.63, 3.8) is 0 Å². The zero-order valence-corrected chi connectivity index (χ0v) is 38.8. The first-order chi connectivity index (χ1) is 31.3. The molecule has 19 heteroatoms. The molecule has 0 spiro atoms. The van der Waals surface area contributed by atoms with Crippen molar-refractivity contribution in [2.75, 3.05) is 38.2 Å². The largest absolute Gasteiger partial charge is 0.444 e. The Morgan fingerprint density at radius 1 is 0.924 bits per heavy atom. The molecule has 1 saturated heterocycles. The number of piperidine rings is 1. The topological polar surface area (TPSA) is 234 Å². The van der Waals surface area contributed by atoms with Gasteiger partial charge in [0, 0.05) is 88.0 Å². The predicted octanol–water partition coefficient (Wildman–Crippen LogP) is 1.79. The van der Waals surface area contributed by atoms with Crippen LogP contribution in [0, 0.1) is 5.92 Å². The number of nitrogens with zero attached hydrogens (tertiary/aromatic N) is 3. The number of carbonyl (C=O) groups is 6. The van der Waals surface area contributed by atoms with Gasteiger partial charge in [0.15, 0.2) is 9.84 Å². The van der Waals surface area contributed by atoms with Crippen molar-refractivity contribution in [3.05, 3.63) is 91.6 Å². The van der Waals surface area contributed by atoms with Gasteiger partial charge in [0.2, 0.25) is 17.7 Å². The second kappa shape index (κ2) is 18.2. The van der Waals surface area contributed by atoms with Crippen molar-refractivity contribution in [1.29, 1.82) is 0 Å². The molecule has 4 aliphatic heterocycles. The van der Waals surface area contributed by atoms with Crippen LogP contribution in [-0.2, 0) is 53.8 Å². The summed E-state index contributed by atoms with van der Waals surface area (Å²) in [6.07, 6.45) is 8.46. The molecule has 3 unspecified atom stereocenters. The summed E-state index contributed by atoms with van der Waals surface area (Å²) >= 11 is 0. The van der Waals surface area contributed by atoms with Gasteiger partial charge in [0.05, 0.1) is 28.6 Å². The average molecular weight is 927 g/mol. The molecule has 3 atom stereocenters. The maximum atomic E-state index is 14.8. The quantitative estimate of drug-likeness (QED) is 0.127. The first kappa shape index (κ1) is 46.3. The van der Waals surface area contributed by atoms with Gasteiger partial charge in [0.25, 0.3) is 17.4 Å². The fraction of sp³-hybridized carbons (Fsp3) is 0.511. The number of fused-ring (bicyclic) bond motifs is 3. The van der Waals surface area contributed by atoms with Crippen LogP contribution in [0.15, 0.2) is 58.2 Å². The number of carbonyl (C=O) groups excluding carboxylic acids is 6. The fourth-order valence-corrected chi connectivity index (χ4v) is 10.4. The van der Waals surface area contributed by atoms with Crippen LogP contribution in [0.1, 0.15) is 98.3 Å². The number of hydrogen-bond acceptors (Lipinski definition) is 12. The number of aryl methyl sites for hydroxylation is 2. The molecule has 8 rings (SSSR count). The normalized spacial score (nSPS) is 21.3. The number of alkyl carbamates (subject to hydrolysis) is 1. The van der Waals surface area contributed by atoms with E-state index in [-0.39, 0.29) is 85.4 Å². The molecular weight excluding hydrogens is 869 g/mol. The third kappa shape index (κ3) is 9.81. The highest BCUT2D eigenvalue weighted by Gasteiger charge is 2.47. The van der Waals surface area contributed by atoms with Crippen LogP contribution in [0.25, 0.3) is 11.3 Å². The van der Waals surface area contributed by atoms with Crippen LogP contribution >= 0.6 is 0 Å². The van der Waals surface area contributed by atoms with Gasteiger partial charge in [-0.05, 0) is 99.6 Å². The first-order valence-electron chi connectivity index (χ1n) is 22.7. The Labute approximate surface area is 383 Å². The molecule has 66 heavy (non-hydrogen) atoms. The number of pyridine rings is 1. The van der Waals surface area contributed by atoms with E-state index < -0.39 is 62.8 Å².